The molecule has 1 heterocycles. The molecule has 0 saturated carbocycles. The number of nitrogens with two attached hydrogens (primary N) is 1. The minimum Gasteiger partial charge on any atom is -0.461 e. The van der Waals surface area contributed by atoms with Gasteiger partial charge in [0.25, 0.3) is 0 Å². The van der Waals surface area contributed by atoms with Gasteiger partial charge in [-0.2, -0.15) is 0 Å². The van der Waals surface area contributed by atoms with Crippen molar-refractivity contribution in [3.8, 4) is 0 Å². The summed E-state index contributed by atoms with van der Waals surface area (Å²) in [6.45, 7) is -0.483. The van der Waals surface area contributed by atoms with Gasteiger partial charge < -0.3 is 10.5 Å². The summed E-state index contributed by atoms with van der Waals surface area (Å²) in [7, 11) is 0. The predicted molar refractivity (Wildman–Crippen MR) is 53.7 cm³/mol. The molecule has 0 aliphatic carbocycles. The summed E-state index contributed by atoms with van der Waals surface area (Å²) in [5.74, 6) is -1.14. The van der Waals surface area contributed by atoms with E-state index in [1.54, 1.807) is 0 Å². The van der Waals surface area contributed by atoms with Gasteiger partial charge in [-0.15, -0.1) is 11.3 Å². The standard InChI is InChI=1S/C9H10FNO3S/c10-2-1-3-14-9(13)7-4-6(5-15-7)8(11)12/h4-5H,1-3H2,(H2,11,12). The van der Waals surface area contributed by atoms with E-state index < -0.39 is 18.6 Å². The maximum atomic E-state index is 11.7. The number of hydrogen-bond acceptors (Lipinski definition) is 4. The Morgan fingerprint density at radius 2 is 2.27 bits per heavy atom. The maximum absolute atomic E-state index is 11.7. The molecule has 6 heteroatoms. The van der Waals surface area contributed by atoms with E-state index in [-0.39, 0.29) is 18.6 Å². The Balaban J connectivity index is 2.54. The molecule has 1 aromatic rings. The second-order valence-corrected chi connectivity index (χ2v) is 3.65. The number of alkyl halides is 1. The van der Waals surface area contributed by atoms with Gasteiger partial charge in [0.2, 0.25) is 5.91 Å². The van der Waals surface area contributed by atoms with Gasteiger partial charge >= 0.3 is 5.97 Å². The van der Waals surface area contributed by atoms with Crippen LogP contribution in [0, 0.1) is 0 Å². The number of carbonyl (C=O) groups is 2. The lowest BCUT2D eigenvalue weighted by atomic mass is 10.3. The second kappa shape index (κ2) is 5.45. The summed E-state index contributed by atoms with van der Waals surface area (Å²) in [5.41, 5.74) is 5.29. The normalized spacial score (nSPS) is 9.93. The number of hydrogen-bond donors (Lipinski definition) is 1. The van der Waals surface area contributed by atoms with Crippen LogP contribution < -0.4 is 5.73 Å². The first-order valence-corrected chi connectivity index (χ1v) is 5.14. The molecule has 1 aromatic heterocycles. The minimum absolute atomic E-state index is 0.0408. The third kappa shape index (κ3) is 3.32. The van der Waals surface area contributed by atoms with Crippen LogP contribution in [0.15, 0.2) is 11.4 Å². The molecule has 1 rings (SSSR count). The van der Waals surface area contributed by atoms with E-state index in [9.17, 15) is 14.0 Å². The Labute approximate surface area is 89.8 Å². The molecular formula is C9H10FNO3S. The van der Waals surface area contributed by atoms with E-state index in [4.69, 9.17) is 10.5 Å². The van der Waals surface area contributed by atoms with Crippen LogP contribution in [0.1, 0.15) is 26.5 Å². The van der Waals surface area contributed by atoms with Crippen molar-refractivity contribution in [3.05, 3.63) is 21.9 Å². The number of ether oxygens (including phenoxy) is 1. The third-order valence-corrected chi connectivity index (χ3v) is 2.51. The lowest BCUT2D eigenvalue weighted by molar-refractivity contribution is 0.0500. The number of amides is 1. The van der Waals surface area contributed by atoms with Gasteiger partial charge in [0.05, 0.1) is 18.8 Å². The van der Waals surface area contributed by atoms with E-state index in [0.29, 0.717) is 4.88 Å². The summed E-state index contributed by atoms with van der Waals surface area (Å²) in [6, 6.07) is 1.37. The van der Waals surface area contributed by atoms with Crippen LogP contribution in [-0.2, 0) is 4.74 Å². The van der Waals surface area contributed by atoms with Crippen LogP contribution >= 0.6 is 11.3 Å². The highest BCUT2D eigenvalue weighted by Gasteiger charge is 2.12. The highest BCUT2D eigenvalue weighted by Crippen LogP contribution is 2.15. The molecule has 82 valence electrons. The molecular weight excluding hydrogens is 221 g/mol. The molecule has 15 heavy (non-hydrogen) atoms. The molecule has 0 radical (unpaired) electrons. The zero-order valence-electron chi connectivity index (χ0n) is 7.86. The van der Waals surface area contributed by atoms with Gasteiger partial charge in [-0.3, -0.25) is 9.18 Å². The Morgan fingerprint density at radius 3 is 2.80 bits per heavy atom. The SMILES string of the molecule is NC(=O)c1csc(C(=O)OCCCF)c1. The van der Waals surface area contributed by atoms with E-state index in [1.807, 2.05) is 0 Å². The Morgan fingerprint density at radius 1 is 1.53 bits per heavy atom. The van der Waals surface area contributed by atoms with Crippen LogP contribution in [0.2, 0.25) is 0 Å². The smallest absolute Gasteiger partial charge is 0.348 e. The fraction of sp³-hybridized carbons (Fsp3) is 0.333. The molecule has 0 aromatic carbocycles. The Bertz CT molecular complexity index is 364. The van der Waals surface area contributed by atoms with Gasteiger partial charge in [-0.25, -0.2) is 4.79 Å². The molecule has 0 atom stereocenters. The summed E-state index contributed by atoms with van der Waals surface area (Å²) in [6.07, 6.45) is 0.180. The van der Waals surface area contributed by atoms with Gasteiger partial charge in [0.15, 0.2) is 0 Å². The van der Waals surface area contributed by atoms with Crippen LogP contribution in [0.3, 0.4) is 0 Å². The van der Waals surface area contributed by atoms with Crippen molar-refractivity contribution in [2.75, 3.05) is 13.3 Å². The molecule has 1 amide bonds. The van der Waals surface area contributed by atoms with Gasteiger partial charge in [0, 0.05) is 11.8 Å². The lowest BCUT2D eigenvalue weighted by Gasteiger charge is -1.99. The van der Waals surface area contributed by atoms with Crippen LogP contribution in [-0.4, -0.2) is 25.2 Å². The number of rotatable bonds is 5. The minimum atomic E-state index is -0.589. The highest BCUT2D eigenvalue weighted by molar-refractivity contribution is 7.12. The molecule has 0 aliphatic rings. The molecule has 0 saturated heterocycles. The number of carbonyl (C=O) groups excluding carboxylic acids is 2. The van der Waals surface area contributed by atoms with Crippen LogP contribution in [0.5, 0.6) is 0 Å². The summed E-state index contributed by atoms with van der Waals surface area (Å²) in [4.78, 5) is 22.3. The van der Waals surface area contributed by atoms with Crippen molar-refractivity contribution < 1.29 is 18.7 Å². The number of primary amides is 1. The average Bonchev–Trinajstić information content (AvgIpc) is 2.66. The Kier molecular flexibility index (Phi) is 4.23. The van der Waals surface area contributed by atoms with Gasteiger partial charge in [-0.05, 0) is 6.07 Å². The zero-order valence-corrected chi connectivity index (χ0v) is 8.68. The van der Waals surface area contributed by atoms with Crippen molar-refractivity contribution in [2.24, 2.45) is 5.73 Å². The summed E-state index contributed by atoms with van der Waals surface area (Å²) >= 11 is 1.07. The predicted octanol–water partition coefficient (Wildman–Crippen LogP) is 1.36. The summed E-state index contributed by atoms with van der Waals surface area (Å²) in [5, 5.41) is 1.48. The topological polar surface area (TPSA) is 69.4 Å². The van der Waals surface area contributed by atoms with Gasteiger partial charge in [-0.1, -0.05) is 0 Å². The fourth-order valence-electron chi connectivity index (χ4n) is 0.863. The van der Waals surface area contributed by atoms with Crippen molar-refractivity contribution in [1.29, 1.82) is 0 Å². The third-order valence-electron chi connectivity index (χ3n) is 1.60. The quantitative estimate of drug-likeness (QED) is 0.614. The van der Waals surface area contributed by atoms with Gasteiger partial charge in [0.1, 0.15) is 4.88 Å². The first-order chi connectivity index (χ1) is 7.15. The number of halogens is 1. The van der Waals surface area contributed by atoms with Crippen molar-refractivity contribution in [3.63, 3.8) is 0 Å². The molecule has 2 N–H and O–H groups in total. The fourth-order valence-corrected chi connectivity index (χ4v) is 1.65. The molecule has 0 spiro atoms. The highest BCUT2D eigenvalue weighted by atomic mass is 32.1. The number of thiophene rings is 1. The lowest BCUT2D eigenvalue weighted by Crippen LogP contribution is -2.10. The Hall–Kier alpha value is -1.43. The molecule has 0 unspecified atom stereocenters. The first-order valence-electron chi connectivity index (χ1n) is 4.26. The van der Waals surface area contributed by atoms with E-state index in [0.717, 1.165) is 11.3 Å². The molecule has 0 aliphatic heterocycles. The summed E-state index contributed by atoms with van der Waals surface area (Å²) < 4.78 is 16.4. The number of esters is 1. The molecule has 0 fully saturated rings. The van der Waals surface area contributed by atoms with Crippen molar-refractivity contribution in [1.82, 2.24) is 0 Å². The first kappa shape index (κ1) is 11.6. The monoisotopic (exact) mass is 231 g/mol. The average molecular weight is 231 g/mol. The van der Waals surface area contributed by atoms with E-state index >= 15 is 0 Å². The van der Waals surface area contributed by atoms with Crippen molar-refractivity contribution in [2.45, 2.75) is 6.42 Å². The zero-order chi connectivity index (χ0) is 11.3. The molecule has 4 nitrogen and oxygen atoms in total. The maximum Gasteiger partial charge on any atom is 0.348 e. The van der Waals surface area contributed by atoms with Crippen molar-refractivity contribution >= 4 is 23.2 Å². The van der Waals surface area contributed by atoms with E-state index in [2.05, 4.69) is 0 Å². The second-order valence-electron chi connectivity index (χ2n) is 2.74. The van der Waals surface area contributed by atoms with Crippen LogP contribution in [0.25, 0.3) is 0 Å². The van der Waals surface area contributed by atoms with E-state index in [1.165, 1.54) is 11.4 Å². The molecule has 0 bridgehead atoms. The van der Waals surface area contributed by atoms with Crippen LogP contribution in [0.4, 0.5) is 4.39 Å². The largest absolute Gasteiger partial charge is 0.461 e.